The van der Waals surface area contributed by atoms with E-state index in [4.69, 9.17) is 0 Å². The average Bonchev–Trinajstić information content (AvgIpc) is 2.38. The van der Waals surface area contributed by atoms with Crippen LogP contribution >= 0.6 is 15.9 Å². The van der Waals surface area contributed by atoms with Crippen molar-refractivity contribution in [2.45, 2.75) is 18.7 Å². The second kappa shape index (κ2) is 6.18. The second-order valence-electron chi connectivity index (χ2n) is 4.62. The van der Waals surface area contributed by atoms with Crippen LogP contribution in [0, 0.1) is 12.7 Å². The Labute approximate surface area is 126 Å². The first kappa shape index (κ1) is 14.7. The molecule has 4 heteroatoms. The van der Waals surface area contributed by atoms with Crippen LogP contribution in [0.1, 0.15) is 33.2 Å². The van der Waals surface area contributed by atoms with Gasteiger partial charge in [-0.05, 0) is 49.2 Å². The SMILES string of the molecule is Cc1cc(F)ccc1C(=O)Nc1ccccc1C(C)Br. The van der Waals surface area contributed by atoms with Gasteiger partial charge in [0.15, 0.2) is 0 Å². The van der Waals surface area contributed by atoms with Crippen LogP contribution < -0.4 is 5.32 Å². The van der Waals surface area contributed by atoms with Crippen molar-refractivity contribution in [1.82, 2.24) is 0 Å². The Balaban J connectivity index is 2.28. The summed E-state index contributed by atoms with van der Waals surface area (Å²) in [5.41, 5.74) is 2.85. The molecule has 0 aliphatic heterocycles. The summed E-state index contributed by atoms with van der Waals surface area (Å²) < 4.78 is 13.1. The zero-order valence-corrected chi connectivity index (χ0v) is 12.9. The first-order valence-electron chi connectivity index (χ1n) is 6.29. The molecule has 20 heavy (non-hydrogen) atoms. The first-order chi connectivity index (χ1) is 9.49. The molecule has 0 aliphatic rings. The Bertz CT molecular complexity index is 640. The number of anilines is 1. The van der Waals surface area contributed by atoms with Crippen LogP contribution in [-0.2, 0) is 0 Å². The normalized spacial score (nSPS) is 12.0. The smallest absolute Gasteiger partial charge is 0.255 e. The number of rotatable bonds is 3. The second-order valence-corrected chi connectivity index (χ2v) is 5.99. The number of amides is 1. The molecule has 0 fully saturated rings. The number of hydrogen-bond acceptors (Lipinski definition) is 1. The summed E-state index contributed by atoms with van der Waals surface area (Å²) in [7, 11) is 0. The lowest BCUT2D eigenvalue weighted by Gasteiger charge is -2.13. The van der Waals surface area contributed by atoms with Gasteiger partial charge in [-0.1, -0.05) is 34.1 Å². The summed E-state index contributed by atoms with van der Waals surface area (Å²) in [6.07, 6.45) is 0. The van der Waals surface area contributed by atoms with Gasteiger partial charge in [-0.2, -0.15) is 0 Å². The molecule has 0 aromatic heterocycles. The molecule has 2 rings (SSSR count). The van der Waals surface area contributed by atoms with Gasteiger partial charge in [-0.15, -0.1) is 0 Å². The highest BCUT2D eigenvalue weighted by atomic mass is 79.9. The number of hydrogen-bond donors (Lipinski definition) is 1. The van der Waals surface area contributed by atoms with E-state index in [-0.39, 0.29) is 16.6 Å². The number of benzene rings is 2. The lowest BCUT2D eigenvalue weighted by atomic mass is 10.1. The van der Waals surface area contributed by atoms with Gasteiger partial charge in [0, 0.05) is 16.1 Å². The molecule has 1 N–H and O–H groups in total. The van der Waals surface area contributed by atoms with Crippen LogP contribution in [0.5, 0.6) is 0 Å². The Morgan fingerprint density at radius 2 is 1.95 bits per heavy atom. The predicted octanol–water partition coefficient (Wildman–Crippen LogP) is 4.84. The summed E-state index contributed by atoms with van der Waals surface area (Å²) >= 11 is 3.50. The first-order valence-corrected chi connectivity index (χ1v) is 7.21. The van der Waals surface area contributed by atoms with Crippen molar-refractivity contribution in [2.75, 3.05) is 5.32 Å². The zero-order chi connectivity index (χ0) is 14.7. The van der Waals surface area contributed by atoms with E-state index in [2.05, 4.69) is 21.2 Å². The molecule has 2 aromatic rings. The Morgan fingerprint density at radius 1 is 1.25 bits per heavy atom. The summed E-state index contributed by atoms with van der Waals surface area (Å²) in [6.45, 7) is 3.71. The average molecular weight is 336 g/mol. The van der Waals surface area contributed by atoms with Gasteiger partial charge in [-0.3, -0.25) is 4.79 Å². The molecule has 0 saturated carbocycles. The zero-order valence-electron chi connectivity index (χ0n) is 11.3. The number of aryl methyl sites for hydroxylation is 1. The van der Waals surface area contributed by atoms with Crippen LogP contribution in [0.15, 0.2) is 42.5 Å². The lowest BCUT2D eigenvalue weighted by molar-refractivity contribution is 0.102. The molecule has 1 atom stereocenters. The number of alkyl halides is 1. The van der Waals surface area contributed by atoms with Gasteiger partial charge in [0.1, 0.15) is 5.82 Å². The van der Waals surface area contributed by atoms with Crippen LogP contribution in [0.4, 0.5) is 10.1 Å². The van der Waals surface area contributed by atoms with E-state index >= 15 is 0 Å². The fourth-order valence-electron chi connectivity index (χ4n) is 2.03. The Morgan fingerprint density at radius 3 is 2.60 bits per heavy atom. The third-order valence-electron chi connectivity index (χ3n) is 3.07. The van der Waals surface area contributed by atoms with E-state index in [1.807, 2.05) is 31.2 Å². The molecule has 0 bridgehead atoms. The van der Waals surface area contributed by atoms with Crippen molar-refractivity contribution in [3.8, 4) is 0 Å². The van der Waals surface area contributed by atoms with Gasteiger partial charge in [0.25, 0.3) is 5.91 Å². The van der Waals surface area contributed by atoms with Gasteiger partial charge in [-0.25, -0.2) is 4.39 Å². The molecular weight excluding hydrogens is 321 g/mol. The van der Waals surface area contributed by atoms with E-state index in [0.717, 1.165) is 11.3 Å². The molecule has 0 aliphatic carbocycles. The van der Waals surface area contributed by atoms with E-state index in [1.54, 1.807) is 6.92 Å². The standard InChI is InChI=1S/C16H15BrFNO/c1-10-9-12(18)7-8-13(10)16(20)19-15-6-4-3-5-14(15)11(2)17/h3-9,11H,1-2H3,(H,19,20). The predicted molar refractivity (Wildman–Crippen MR) is 82.9 cm³/mol. The third kappa shape index (κ3) is 3.25. The van der Waals surface area contributed by atoms with Crippen LogP contribution in [0.25, 0.3) is 0 Å². The molecule has 1 amide bonds. The number of halogens is 2. The van der Waals surface area contributed by atoms with Gasteiger partial charge < -0.3 is 5.32 Å². The minimum Gasteiger partial charge on any atom is -0.322 e. The van der Waals surface area contributed by atoms with E-state index in [0.29, 0.717) is 11.1 Å². The molecule has 2 nitrogen and oxygen atoms in total. The summed E-state index contributed by atoms with van der Waals surface area (Å²) in [6, 6.07) is 11.7. The molecular formula is C16H15BrFNO. The van der Waals surface area contributed by atoms with E-state index in [1.165, 1.54) is 18.2 Å². The Hall–Kier alpha value is -1.68. The Kier molecular flexibility index (Phi) is 4.55. The lowest BCUT2D eigenvalue weighted by Crippen LogP contribution is -2.14. The van der Waals surface area contributed by atoms with Gasteiger partial charge >= 0.3 is 0 Å². The maximum atomic E-state index is 13.1. The minimum atomic E-state index is -0.339. The highest BCUT2D eigenvalue weighted by Crippen LogP contribution is 2.29. The van der Waals surface area contributed by atoms with E-state index in [9.17, 15) is 9.18 Å². The van der Waals surface area contributed by atoms with Crippen molar-refractivity contribution in [1.29, 1.82) is 0 Å². The molecule has 0 heterocycles. The topological polar surface area (TPSA) is 29.1 Å². The maximum Gasteiger partial charge on any atom is 0.255 e. The van der Waals surface area contributed by atoms with Crippen molar-refractivity contribution in [2.24, 2.45) is 0 Å². The summed E-state index contributed by atoms with van der Waals surface area (Å²) in [5.74, 6) is -0.573. The van der Waals surface area contributed by atoms with Gasteiger partial charge in [0.05, 0.1) is 0 Å². The van der Waals surface area contributed by atoms with Crippen molar-refractivity contribution in [3.05, 3.63) is 65.0 Å². The van der Waals surface area contributed by atoms with Crippen molar-refractivity contribution in [3.63, 3.8) is 0 Å². The highest BCUT2D eigenvalue weighted by Gasteiger charge is 2.13. The number of carbonyl (C=O) groups excluding carboxylic acids is 1. The minimum absolute atomic E-state index is 0.133. The van der Waals surface area contributed by atoms with Crippen molar-refractivity contribution < 1.29 is 9.18 Å². The quantitative estimate of drug-likeness (QED) is 0.798. The number of para-hydroxylation sites is 1. The van der Waals surface area contributed by atoms with Crippen LogP contribution in [0.2, 0.25) is 0 Å². The molecule has 1 unspecified atom stereocenters. The molecule has 0 radical (unpaired) electrons. The highest BCUT2D eigenvalue weighted by molar-refractivity contribution is 9.09. The van der Waals surface area contributed by atoms with E-state index < -0.39 is 0 Å². The molecule has 2 aromatic carbocycles. The molecule has 0 spiro atoms. The number of nitrogens with one attached hydrogen (secondary N) is 1. The molecule has 104 valence electrons. The monoisotopic (exact) mass is 335 g/mol. The third-order valence-corrected chi connectivity index (χ3v) is 3.56. The fraction of sp³-hybridized carbons (Fsp3) is 0.188. The van der Waals surface area contributed by atoms with Gasteiger partial charge in [0.2, 0.25) is 0 Å². The summed E-state index contributed by atoms with van der Waals surface area (Å²) in [4.78, 5) is 12.4. The van der Waals surface area contributed by atoms with Crippen molar-refractivity contribution >= 4 is 27.5 Å². The summed E-state index contributed by atoms with van der Waals surface area (Å²) in [5, 5.41) is 2.88. The maximum absolute atomic E-state index is 13.1. The van der Waals surface area contributed by atoms with Crippen LogP contribution in [0.3, 0.4) is 0 Å². The molecule has 0 saturated heterocycles. The number of carbonyl (C=O) groups is 1. The van der Waals surface area contributed by atoms with Crippen LogP contribution in [-0.4, -0.2) is 5.91 Å². The fourth-order valence-corrected chi connectivity index (χ4v) is 2.43. The largest absolute Gasteiger partial charge is 0.322 e.